The lowest BCUT2D eigenvalue weighted by Crippen LogP contribution is -2.54. The van der Waals surface area contributed by atoms with E-state index in [1.165, 1.54) is 18.2 Å². The monoisotopic (exact) mass is 593 g/mol. The van der Waals surface area contributed by atoms with Gasteiger partial charge in [-0.3, -0.25) is 10.2 Å². The van der Waals surface area contributed by atoms with E-state index in [9.17, 15) is 18.3 Å². The summed E-state index contributed by atoms with van der Waals surface area (Å²) in [6.07, 6.45) is 4.53. The van der Waals surface area contributed by atoms with Crippen molar-refractivity contribution in [2.75, 3.05) is 13.2 Å². The number of hydrogen-bond acceptors (Lipinski definition) is 7. The Morgan fingerprint density at radius 2 is 1.90 bits per heavy atom. The van der Waals surface area contributed by atoms with Gasteiger partial charge in [-0.1, -0.05) is 37.9 Å². The number of fused-ring (bicyclic) bond motifs is 1. The normalized spacial score (nSPS) is 18.7. The molecule has 10 nitrogen and oxygen atoms in total. The first-order valence-electron chi connectivity index (χ1n) is 13.4. The van der Waals surface area contributed by atoms with Crippen LogP contribution in [0.15, 0.2) is 53.6 Å². The highest BCUT2D eigenvalue weighted by atomic mass is 35.5. The Labute approximate surface area is 241 Å². The SMILES string of the molecule is CC(C)NCC(O)COc1cccc2[nH]ccc12.CC1CCCC(C)N1NC(=O)c1ccc(Cl)c(S(N)(=O)=O)c1. The number of amides is 1. The van der Waals surface area contributed by atoms with Crippen LogP contribution in [0.2, 0.25) is 5.02 Å². The molecule has 1 aromatic heterocycles. The van der Waals surface area contributed by atoms with Crippen molar-refractivity contribution in [1.29, 1.82) is 0 Å². The van der Waals surface area contributed by atoms with Crippen molar-refractivity contribution in [3.63, 3.8) is 0 Å². The molecule has 0 radical (unpaired) electrons. The van der Waals surface area contributed by atoms with Gasteiger partial charge >= 0.3 is 0 Å². The van der Waals surface area contributed by atoms with E-state index in [1.807, 2.05) is 63.2 Å². The molecule has 0 saturated carbocycles. The Bertz CT molecular complexity index is 1370. The van der Waals surface area contributed by atoms with Crippen molar-refractivity contribution in [1.82, 2.24) is 20.7 Å². The molecule has 2 heterocycles. The second-order valence-electron chi connectivity index (χ2n) is 10.4. The predicted octanol–water partition coefficient (Wildman–Crippen LogP) is 3.80. The summed E-state index contributed by atoms with van der Waals surface area (Å²) in [4.78, 5) is 15.2. The summed E-state index contributed by atoms with van der Waals surface area (Å²) in [5.41, 5.74) is 4.10. The van der Waals surface area contributed by atoms with E-state index in [4.69, 9.17) is 21.5 Å². The van der Waals surface area contributed by atoms with Crippen LogP contribution in [0.1, 0.15) is 57.3 Å². The number of halogens is 1. The smallest absolute Gasteiger partial charge is 0.265 e. The fourth-order valence-electron chi connectivity index (χ4n) is 4.49. The summed E-state index contributed by atoms with van der Waals surface area (Å²) in [6.45, 7) is 9.04. The maximum absolute atomic E-state index is 12.4. The summed E-state index contributed by atoms with van der Waals surface area (Å²) in [5.74, 6) is 0.430. The zero-order valence-corrected chi connectivity index (χ0v) is 24.9. The molecule has 3 atom stereocenters. The van der Waals surface area contributed by atoms with E-state index in [0.717, 1.165) is 35.9 Å². The first-order chi connectivity index (χ1) is 18.9. The van der Waals surface area contributed by atoms with Crippen molar-refractivity contribution >= 4 is 38.4 Å². The van der Waals surface area contributed by atoms with Gasteiger partial charge in [0.05, 0.1) is 5.02 Å². The predicted molar refractivity (Wildman–Crippen MR) is 158 cm³/mol. The minimum atomic E-state index is -3.97. The zero-order chi connectivity index (χ0) is 29.4. The number of benzene rings is 2. The molecule has 3 aromatic rings. The summed E-state index contributed by atoms with van der Waals surface area (Å²) in [6, 6.07) is 12.7. The number of aliphatic hydroxyl groups is 1. The minimum Gasteiger partial charge on any atom is -0.490 e. The second kappa shape index (κ2) is 14.3. The van der Waals surface area contributed by atoms with E-state index in [-0.39, 0.29) is 33.5 Å². The second-order valence-corrected chi connectivity index (χ2v) is 12.3. The van der Waals surface area contributed by atoms with Gasteiger partial charge in [-0.15, -0.1) is 0 Å². The highest BCUT2D eigenvalue weighted by Gasteiger charge is 2.27. The third kappa shape index (κ3) is 8.92. The van der Waals surface area contributed by atoms with Crippen LogP contribution in [-0.4, -0.2) is 66.8 Å². The standard InChI is InChI=1S/C14H20ClN3O3S.C14H20N2O2/c1-9-4-3-5-10(2)18(9)17-14(19)11-6-7-12(15)13(8-11)22(16,20)21;1-10(2)16-8-11(17)9-18-14-5-3-4-13-12(14)6-7-15-13/h6-10H,3-5H2,1-2H3,(H,17,19)(H2,16,20,21);3-7,10-11,15-17H,8-9H2,1-2H3. The van der Waals surface area contributed by atoms with Crippen LogP contribution >= 0.6 is 11.6 Å². The number of nitrogens with two attached hydrogens (primary N) is 1. The third-order valence-corrected chi connectivity index (χ3v) is 8.06. The van der Waals surface area contributed by atoms with Crippen LogP contribution in [0.3, 0.4) is 0 Å². The van der Waals surface area contributed by atoms with Crippen LogP contribution in [0.25, 0.3) is 10.9 Å². The highest BCUT2D eigenvalue weighted by Crippen LogP contribution is 2.25. The average Bonchev–Trinajstić information content (AvgIpc) is 3.38. The number of piperidine rings is 1. The first-order valence-corrected chi connectivity index (χ1v) is 15.3. The summed E-state index contributed by atoms with van der Waals surface area (Å²) < 4.78 is 28.6. The Hall–Kier alpha value is -2.67. The van der Waals surface area contributed by atoms with Gasteiger partial charge in [0.2, 0.25) is 10.0 Å². The number of aromatic nitrogens is 1. The maximum atomic E-state index is 12.4. The number of aromatic amines is 1. The number of primary sulfonamides is 1. The number of carbonyl (C=O) groups is 1. The molecule has 40 heavy (non-hydrogen) atoms. The van der Waals surface area contributed by atoms with Gasteiger partial charge in [0.15, 0.2) is 0 Å². The summed E-state index contributed by atoms with van der Waals surface area (Å²) >= 11 is 5.82. The lowest BCUT2D eigenvalue weighted by molar-refractivity contribution is 0.0369. The lowest BCUT2D eigenvalue weighted by Gasteiger charge is -2.38. The molecule has 0 spiro atoms. The number of hydrogen-bond donors (Lipinski definition) is 5. The van der Waals surface area contributed by atoms with Crippen molar-refractivity contribution in [2.24, 2.45) is 5.14 Å². The molecule has 3 unspecified atom stereocenters. The van der Waals surface area contributed by atoms with Crippen LogP contribution in [-0.2, 0) is 10.0 Å². The number of sulfonamides is 1. The number of ether oxygens (including phenoxy) is 1. The zero-order valence-electron chi connectivity index (χ0n) is 23.4. The van der Waals surface area contributed by atoms with Crippen LogP contribution in [0.4, 0.5) is 0 Å². The van der Waals surface area contributed by atoms with Crippen molar-refractivity contribution in [2.45, 2.75) is 76.1 Å². The Balaban J connectivity index is 0.000000225. The molecule has 1 aliphatic heterocycles. The Morgan fingerprint density at radius 3 is 2.55 bits per heavy atom. The van der Waals surface area contributed by atoms with Gasteiger partial charge in [-0.25, -0.2) is 18.6 Å². The number of aliphatic hydroxyl groups excluding tert-OH is 1. The lowest BCUT2D eigenvalue weighted by atomic mass is 10.00. The van der Waals surface area contributed by atoms with Gasteiger partial charge in [-0.2, -0.15) is 0 Å². The molecule has 1 fully saturated rings. The molecule has 2 aromatic carbocycles. The quantitative estimate of drug-likeness (QED) is 0.253. The van der Waals surface area contributed by atoms with Gasteiger partial charge in [0.25, 0.3) is 5.91 Å². The van der Waals surface area contributed by atoms with Gasteiger partial charge in [0, 0.05) is 47.3 Å². The molecule has 0 bridgehead atoms. The summed E-state index contributed by atoms with van der Waals surface area (Å²) in [5, 5.41) is 21.0. The van der Waals surface area contributed by atoms with Gasteiger partial charge in [0.1, 0.15) is 23.4 Å². The number of carbonyl (C=O) groups excluding carboxylic acids is 1. The van der Waals surface area contributed by atoms with Crippen molar-refractivity contribution in [3.8, 4) is 5.75 Å². The van der Waals surface area contributed by atoms with E-state index in [2.05, 4.69) is 15.7 Å². The van der Waals surface area contributed by atoms with Crippen LogP contribution in [0, 0.1) is 0 Å². The first kappa shape index (κ1) is 31.9. The summed E-state index contributed by atoms with van der Waals surface area (Å²) in [7, 11) is -3.97. The maximum Gasteiger partial charge on any atom is 0.265 e. The minimum absolute atomic E-state index is 0.00115. The van der Waals surface area contributed by atoms with E-state index >= 15 is 0 Å². The molecular formula is C28H40ClN5O5S. The molecule has 1 aliphatic rings. The molecule has 1 amide bonds. The molecule has 12 heteroatoms. The number of rotatable bonds is 9. The molecule has 4 rings (SSSR count). The number of nitrogens with zero attached hydrogens (tertiary/aromatic N) is 1. The van der Waals surface area contributed by atoms with E-state index < -0.39 is 16.1 Å². The van der Waals surface area contributed by atoms with Crippen molar-refractivity contribution < 1.29 is 23.1 Å². The van der Waals surface area contributed by atoms with E-state index in [0.29, 0.717) is 19.2 Å². The molecule has 6 N–H and O–H groups in total. The van der Waals surface area contributed by atoms with Gasteiger partial charge in [-0.05, 0) is 63.1 Å². The fourth-order valence-corrected chi connectivity index (χ4v) is 5.56. The fraction of sp³-hybridized carbons (Fsp3) is 0.464. The van der Waals surface area contributed by atoms with Crippen LogP contribution < -0.4 is 20.6 Å². The topological polar surface area (TPSA) is 150 Å². The number of hydrazine groups is 1. The number of nitrogens with one attached hydrogen (secondary N) is 3. The highest BCUT2D eigenvalue weighted by molar-refractivity contribution is 7.89. The third-order valence-electron chi connectivity index (χ3n) is 6.67. The Morgan fingerprint density at radius 1 is 1.20 bits per heavy atom. The Kier molecular flexibility index (Phi) is 11.4. The molecular weight excluding hydrogens is 554 g/mol. The average molecular weight is 594 g/mol. The van der Waals surface area contributed by atoms with Gasteiger partial charge < -0.3 is 20.1 Å². The molecule has 0 aliphatic carbocycles. The molecule has 220 valence electrons. The van der Waals surface area contributed by atoms with Crippen LogP contribution in [0.5, 0.6) is 5.75 Å². The largest absolute Gasteiger partial charge is 0.490 e. The number of H-pyrrole nitrogens is 1. The van der Waals surface area contributed by atoms with Crippen molar-refractivity contribution in [3.05, 3.63) is 59.2 Å². The van der Waals surface area contributed by atoms with E-state index in [1.54, 1.807) is 0 Å². The molecule has 1 saturated heterocycles.